The lowest BCUT2D eigenvalue weighted by Crippen LogP contribution is -2.27. The fraction of sp³-hybridized carbons (Fsp3) is 0.0417. The van der Waals surface area contributed by atoms with Crippen molar-refractivity contribution in [2.45, 2.75) is 0 Å². The summed E-state index contributed by atoms with van der Waals surface area (Å²) in [5.74, 6) is -0.154. The summed E-state index contributed by atoms with van der Waals surface area (Å²) in [5, 5.41) is 3.27. The minimum atomic E-state index is -0.399. The quantitative estimate of drug-likeness (QED) is 0.304. The van der Waals surface area contributed by atoms with Crippen LogP contribution >= 0.6 is 47.2 Å². The second kappa shape index (κ2) is 10.4. The molecule has 1 aliphatic heterocycles. The maximum Gasteiger partial charge on any atom is 0.270 e. The Labute approximate surface area is 210 Å². The number of ether oxygens (including phenoxy) is 1. The first-order valence-corrected chi connectivity index (χ1v) is 11.7. The molecular weight excluding hydrogens is 499 g/mol. The van der Waals surface area contributed by atoms with Crippen LogP contribution < -0.4 is 15.0 Å². The van der Waals surface area contributed by atoms with Gasteiger partial charge in [0, 0.05) is 5.56 Å². The first-order chi connectivity index (χ1) is 15.9. The average molecular weight is 515 g/mol. The number of nitrogens with one attached hydrogen (secondary N) is 1. The third kappa shape index (κ3) is 5.39. The zero-order valence-corrected chi connectivity index (χ0v) is 20.1. The molecule has 1 saturated heterocycles. The van der Waals surface area contributed by atoms with E-state index in [2.05, 4.69) is 5.32 Å². The Kier molecular flexibility index (Phi) is 7.35. The van der Waals surface area contributed by atoms with E-state index >= 15 is 0 Å². The lowest BCUT2D eigenvalue weighted by molar-refractivity contribution is -0.118. The van der Waals surface area contributed by atoms with Crippen molar-refractivity contribution in [3.05, 3.63) is 93.3 Å². The summed E-state index contributed by atoms with van der Waals surface area (Å²) in [6, 6.07) is 21.3. The molecule has 5 nitrogen and oxygen atoms in total. The van der Waals surface area contributed by atoms with E-state index in [0.717, 1.165) is 0 Å². The number of hydrogen-bond acceptors (Lipinski definition) is 5. The second-order valence-corrected chi connectivity index (χ2v) is 9.29. The van der Waals surface area contributed by atoms with Gasteiger partial charge in [0.25, 0.3) is 11.8 Å². The summed E-state index contributed by atoms with van der Waals surface area (Å²) in [6.07, 6.45) is 1.71. The van der Waals surface area contributed by atoms with Crippen molar-refractivity contribution < 1.29 is 14.3 Å². The fourth-order valence-electron chi connectivity index (χ4n) is 3.07. The molecule has 1 aliphatic rings. The molecule has 3 aromatic carbocycles. The molecule has 0 bridgehead atoms. The Balaban J connectivity index is 1.48. The SMILES string of the molecule is O=C(COc1ccccc1/C=C1\SC(=S)N(c2ccccc2)C1=O)Nc1cccc(Cl)c1Cl. The summed E-state index contributed by atoms with van der Waals surface area (Å²) in [4.78, 5) is 27.3. The molecule has 3 aromatic rings. The van der Waals surface area contributed by atoms with Crippen molar-refractivity contribution in [2.24, 2.45) is 0 Å². The minimum Gasteiger partial charge on any atom is -0.483 e. The van der Waals surface area contributed by atoms with E-state index < -0.39 is 5.91 Å². The molecule has 33 heavy (non-hydrogen) atoms. The molecule has 0 unspecified atom stereocenters. The number of hydrogen-bond donors (Lipinski definition) is 1. The smallest absolute Gasteiger partial charge is 0.270 e. The molecule has 0 atom stereocenters. The zero-order valence-electron chi connectivity index (χ0n) is 17.0. The zero-order chi connectivity index (χ0) is 23.4. The van der Waals surface area contributed by atoms with Gasteiger partial charge >= 0.3 is 0 Å². The van der Waals surface area contributed by atoms with Crippen LogP contribution in [0.2, 0.25) is 10.0 Å². The first kappa shape index (κ1) is 23.3. The van der Waals surface area contributed by atoms with E-state index in [9.17, 15) is 9.59 Å². The largest absolute Gasteiger partial charge is 0.483 e. The monoisotopic (exact) mass is 514 g/mol. The van der Waals surface area contributed by atoms with Gasteiger partial charge in [-0.15, -0.1) is 0 Å². The highest BCUT2D eigenvalue weighted by Crippen LogP contribution is 2.37. The molecular formula is C24H16Cl2N2O3S2. The first-order valence-electron chi connectivity index (χ1n) is 9.73. The molecule has 0 aromatic heterocycles. The lowest BCUT2D eigenvalue weighted by Gasteiger charge is -2.14. The van der Waals surface area contributed by atoms with Crippen LogP contribution in [-0.4, -0.2) is 22.7 Å². The number of benzene rings is 3. The average Bonchev–Trinajstić information content (AvgIpc) is 3.09. The Morgan fingerprint density at radius 3 is 2.55 bits per heavy atom. The lowest BCUT2D eigenvalue weighted by atomic mass is 10.2. The van der Waals surface area contributed by atoms with Gasteiger partial charge in [0.1, 0.15) is 5.75 Å². The summed E-state index contributed by atoms with van der Waals surface area (Å²) in [6.45, 7) is -0.251. The van der Waals surface area contributed by atoms with Gasteiger partial charge in [0.2, 0.25) is 0 Å². The molecule has 1 N–H and O–H groups in total. The molecule has 1 fully saturated rings. The number of halogens is 2. The molecule has 1 heterocycles. The standard InChI is InChI=1S/C24H16Cl2N2O3S2/c25-17-10-6-11-18(22(17)26)27-21(29)14-31-19-12-5-4-7-15(19)13-20-23(30)28(24(32)33-20)16-8-2-1-3-9-16/h1-13H,14H2,(H,27,29)/b20-13-. The predicted octanol–water partition coefficient (Wildman–Crippen LogP) is 6.42. The summed E-state index contributed by atoms with van der Waals surface area (Å²) >= 11 is 18.7. The number of anilines is 2. The van der Waals surface area contributed by atoms with Crippen LogP contribution in [0.5, 0.6) is 5.75 Å². The van der Waals surface area contributed by atoms with Crippen molar-refractivity contribution in [3.63, 3.8) is 0 Å². The highest BCUT2D eigenvalue weighted by molar-refractivity contribution is 8.27. The maximum absolute atomic E-state index is 13.0. The van der Waals surface area contributed by atoms with Crippen molar-refractivity contribution in [1.82, 2.24) is 0 Å². The van der Waals surface area contributed by atoms with E-state index in [0.29, 0.717) is 36.9 Å². The van der Waals surface area contributed by atoms with Crippen LogP contribution in [0.1, 0.15) is 5.56 Å². The number of amides is 2. The molecule has 4 rings (SSSR count). The molecule has 0 radical (unpaired) electrons. The Bertz CT molecular complexity index is 1270. The number of thioether (sulfide) groups is 1. The van der Waals surface area contributed by atoms with Crippen molar-refractivity contribution in [2.75, 3.05) is 16.8 Å². The Hall–Kier alpha value is -2.84. The van der Waals surface area contributed by atoms with E-state index in [-0.39, 0.29) is 17.5 Å². The second-order valence-electron chi connectivity index (χ2n) is 6.83. The summed E-state index contributed by atoms with van der Waals surface area (Å²) in [5.41, 5.74) is 1.76. The Morgan fingerprint density at radius 2 is 1.76 bits per heavy atom. The maximum atomic E-state index is 13.0. The Morgan fingerprint density at radius 1 is 1.03 bits per heavy atom. The van der Waals surface area contributed by atoms with Gasteiger partial charge in [-0.2, -0.15) is 0 Å². The highest BCUT2D eigenvalue weighted by Gasteiger charge is 2.33. The van der Waals surface area contributed by atoms with Gasteiger partial charge < -0.3 is 10.1 Å². The van der Waals surface area contributed by atoms with E-state index in [4.69, 9.17) is 40.2 Å². The van der Waals surface area contributed by atoms with E-state index in [1.807, 2.05) is 36.4 Å². The summed E-state index contributed by atoms with van der Waals surface area (Å²) in [7, 11) is 0. The molecule has 0 aliphatic carbocycles. The number of nitrogens with zero attached hydrogens (tertiary/aromatic N) is 1. The van der Waals surface area contributed by atoms with Crippen molar-refractivity contribution in [3.8, 4) is 5.75 Å². The van der Waals surface area contributed by atoms with Gasteiger partial charge in [0.15, 0.2) is 10.9 Å². The molecule has 0 spiro atoms. The predicted molar refractivity (Wildman–Crippen MR) is 139 cm³/mol. The van der Waals surface area contributed by atoms with Crippen molar-refractivity contribution >= 4 is 80.8 Å². The number of carbonyl (C=O) groups is 2. The van der Waals surface area contributed by atoms with Crippen LogP contribution in [0.25, 0.3) is 6.08 Å². The summed E-state index contributed by atoms with van der Waals surface area (Å²) < 4.78 is 6.18. The van der Waals surface area contributed by atoms with Gasteiger partial charge in [-0.1, -0.05) is 89.6 Å². The molecule has 166 valence electrons. The molecule has 2 amide bonds. The van der Waals surface area contributed by atoms with Crippen LogP contribution in [0.4, 0.5) is 11.4 Å². The van der Waals surface area contributed by atoms with Gasteiger partial charge in [0.05, 0.1) is 26.3 Å². The van der Waals surface area contributed by atoms with Crippen molar-refractivity contribution in [1.29, 1.82) is 0 Å². The van der Waals surface area contributed by atoms with Crippen LogP contribution in [0.3, 0.4) is 0 Å². The third-order valence-corrected chi connectivity index (χ3v) is 6.72. The van der Waals surface area contributed by atoms with Gasteiger partial charge in [-0.25, -0.2) is 0 Å². The van der Waals surface area contributed by atoms with Gasteiger partial charge in [-0.05, 0) is 36.4 Å². The normalized spacial score (nSPS) is 14.6. The van der Waals surface area contributed by atoms with Crippen LogP contribution in [0, 0.1) is 0 Å². The van der Waals surface area contributed by atoms with Crippen LogP contribution in [-0.2, 0) is 9.59 Å². The topological polar surface area (TPSA) is 58.6 Å². The third-order valence-electron chi connectivity index (χ3n) is 4.60. The highest BCUT2D eigenvalue weighted by atomic mass is 35.5. The van der Waals surface area contributed by atoms with Gasteiger partial charge in [-0.3, -0.25) is 14.5 Å². The number of para-hydroxylation sites is 2. The van der Waals surface area contributed by atoms with Crippen LogP contribution in [0.15, 0.2) is 77.7 Å². The number of rotatable bonds is 6. The van der Waals surface area contributed by atoms with E-state index in [1.54, 1.807) is 42.5 Å². The van der Waals surface area contributed by atoms with E-state index in [1.165, 1.54) is 16.7 Å². The number of thiocarbonyl (C=S) groups is 1. The molecule has 0 saturated carbocycles. The number of carbonyl (C=O) groups excluding carboxylic acids is 2. The minimum absolute atomic E-state index is 0.209. The fourth-order valence-corrected chi connectivity index (χ4v) is 4.71. The molecule has 9 heteroatoms.